The second kappa shape index (κ2) is 6.27. The van der Waals surface area contributed by atoms with Crippen LogP contribution in [0.3, 0.4) is 0 Å². The van der Waals surface area contributed by atoms with Crippen molar-refractivity contribution in [3.63, 3.8) is 0 Å². The molecule has 0 radical (unpaired) electrons. The molecule has 2 atom stereocenters. The van der Waals surface area contributed by atoms with Gasteiger partial charge in [0.25, 0.3) is 5.56 Å². The van der Waals surface area contributed by atoms with Crippen LogP contribution < -0.4 is 16.2 Å². The zero-order valence-electron chi connectivity index (χ0n) is 15.2. The van der Waals surface area contributed by atoms with Gasteiger partial charge in [0.15, 0.2) is 0 Å². The Morgan fingerprint density at radius 3 is 2.85 bits per heavy atom. The van der Waals surface area contributed by atoms with Gasteiger partial charge in [0.1, 0.15) is 6.54 Å². The Labute approximate surface area is 152 Å². The molecule has 2 heterocycles. The number of nitrogen functional groups attached to an aromatic ring is 1. The summed E-state index contributed by atoms with van der Waals surface area (Å²) in [6, 6.07) is 7.98. The number of amides is 1. The fraction of sp³-hybridized carbons (Fsp3) is 0.450. The summed E-state index contributed by atoms with van der Waals surface area (Å²) >= 11 is 0. The van der Waals surface area contributed by atoms with Crippen LogP contribution in [0, 0.1) is 5.92 Å². The van der Waals surface area contributed by atoms with Crippen LogP contribution in [0.5, 0.6) is 0 Å². The molecule has 0 unspecified atom stereocenters. The van der Waals surface area contributed by atoms with Gasteiger partial charge in [-0.3, -0.25) is 14.2 Å². The summed E-state index contributed by atoms with van der Waals surface area (Å²) in [5, 5.41) is 0. The zero-order valence-corrected chi connectivity index (χ0v) is 15.2. The molecule has 1 aliphatic heterocycles. The van der Waals surface area contributed by atoms with E-state index in [0.717, 1.165) is 41.8 Å². The van der Waals surface area contributed by atoms with Crippen molar-refractivity contribution in [3.05, 3.63) is 51.4 Å². The molecular weight excluding hydrogens is 328 g/mol. The molecule has 26 heavy (non-hydrogen) atoms. The van der Waals surface area contributed by atoms with Crippen LogP contribution in [-0.4, -0.2) is 21.5 Å². The Morgan fingerprint density at radius 1 is 1.27 bits per heavy atom. The highest BCUT2D eigenvalue weighted by atomic mass is 16.2. The first kappa shape index (κ1) is 16.8. The maximum Gasteiger partial charge on any atom is 0.258 e. The highest BCUT2D eigenvalue weighted by Crippen LogP contribution is 2.32. The minimum atomic E-state index is -0.159. The molecule has 0 fully saturated rings. The number of nitrogens with two attached hydrogens (primary N) is 1. The van der Waals surface area contributed by atoms with Gasteiger partial charge in [-0.25, -0.2) is 4.98 Å². The zero-order chi connectivity index (χ0) is 18.4. The molecule has 136 valence electrons. The average Bonchev–Trinajstić information content (AvgIpc) is 2.94. The first-order valence-electron chi connectivity index (χ1n) is 9.23. The minimum Gasteiger partial charge on any atom is -0.369 e. The van der Waals surface area contributed by atoms with Crippen molar-refractivity contribution >= 4 is 17.5 Å². The third-order valence-electron chi connectivity index (χ3n) is 5.58. The molecular formula is C20H24N4O2. The molecule has 6 heteroatoms. The highest BCUT2D eigenvalue weighted by Gasteiger charge is 2.31. The monoisotopic (exact) mass is 352 g/mol. The third-order valence-corrected chi connectivity index (χ3v) is 5.58. The molecule has 0 spiro atoms. The highest BCUT2D eigenvalue weighted by molar-refractivity contribution is 5.96. The predicted octanol–water partition coefficient (Wildman–Crippen LogP) is 1.93. The number of hydrogen-bond donors (Lipinski definition) is 1. The largest absolute Gasteiger partial charge is 0.369 e. The van der Waals surface area contributed by atoms with Crippen molar-refractivity contribution in [3.8, 4) is 0 Å². The number of anilines is 2. The lowest BCUT2D eigenvalue weighted by atomic mass is 9.89. The van der Waals surface area contributed by atoms with Crippen LogP contribution in [-0.2, 0) is 30.6 Å². The average molecular weight is 352 g/mol. The smallest absolute Gasteiger partial charge is 0.258 e. The molecule has 0 saturated carbocycles. The quantitative estimate of drug-likeness (QED) is 0.895. The number of carbonyl (C=O) groups is 1. The van der Waals surface area contributed by atoms with E-state index in [1.54, 1.807) is 4.90 Å². The molecule has 2 aromatic rings. The molecule has 2 aliphatic rings. The number of aromatic nitrogens is 2. The fourth-order valence-corrected chi connectivity index (χ4v) is 4.21. The van der Waals surface area contributed by atoms with E-state index in [-0.39, 0.29) is 30.0 Å². The summed E-state index contributed by atoms with van der Waals surface area (Å²) in [6.07, 6.45) is 3.28. The molecule has 1 aromatic heterocycles. The van der Waals surface area contributed by atoms with E-state index in [1.165, 1.54) is 4.57 Å². The minimum absolute atomic E-state index is 0.0703. The number of carbonyl (C=O) groups excluding carboxylic acids is 1. The lowest BCUT2D eigenvalue weighted by molar-refractivity contribution is -0.119. The van der Waals surface area contributed by atoms with Gasteiger partial charge in [-0.15, -0.1) is 0 Å². The summed E-state index contributed by atoms with van der Waals surface area (Å²) in [6.45, 7) is 4.11. The summed E-state index contributed by atoms with van der Waals surface area (Å²) in [4.78, 5) is 32.1. The van der Waals surface area contributed by atoms with Gasteiger partial charge in [0, 0.05) is 17.3 Å². The molecule has 0 bridgehead atoms. The van der Waals surface area contributed by atoms with Crippen LogP contribution in [0.15, 0.2) is 29.1 Å². The first-order chi connectivity index (χ1) is 12.5. The summed E-state index contributed by atoms with van der Waals surface area (Å²) < 4.78 is 1.34. The van der Waals surface area contributed by atoms with E-state index < -0.39 is 0 Å². The van der Waals surface area contributed by atoms with Crippen molar-refractivity contribution in [1.82, 2.24) is 9.55 Å². The molecule has 2 N–H and O–H groups in total. The maximum atomic E-state index is 13.0. The molecule has 4 rings (SSSR count). The third kappa shape index (κ3) is 2.69. The van der Waals surface area contributed by atoms with E-state index in [2.05, 4.69) is 11.9 Å². The van der Waals surface area contributed by atoms with Gasteiger partial charge in [-0.05, 0) is 50.2 Å². The van der Waals surface area contributed by atoms with Crippen molar-refractivity contribution in [2.45, 2.75) is 52.1 Å². The van der Waals surface area contributed by atoms with E-state index in [0.29, 0.717) is 12.3 Å². The second-order valence-corrected chi connectivity index (χ2v) is 7.58. The maximum absolute atomic E-state index is 13.0. The predicted molar refractivity (Wildman–Crippen MR) is 101 cm³/mol. The second-order valence-electron chi connectivity index (χ2n) is 7.58. The number of benzene rings is 1. The fourth-order valence-electron chi connectivity index (χ4n) is 4.21. The number of nitrogens with zero attached hydrogens (tertiary/aromatic N) is 3. The lowest BCUT2D eigenvalue weighted by Crippen LogP contribution is -2.41. The van der Waals surface area contributed by atoms with Crippen LogP contribution in [0.2, 0.25) is 0 Å². The van der Waals surface area contributed by atoms with Gasteiger partial charge < -0.3 is 10.6 Å². The van der Waals surface area contributed by atoms with Crippen LogP contribution in [0.4, 0.5) is 11.6 Å². The Morgan fingerprint density at radius 2 is 2.04 bits per heavy atom. The number of para-hydroxylation sites is 1. The van der Waals surface area contributed by atoms with Crippen molar-refractivity contribution in [1.29, 1.82) is 0 Å². The molecule has 1 amide bonds. The Hall–Kier alpha value is -2.63. The number of hydrogen-bond acceptors (Lipinski definition) is 4. The lowest BCUT2D eigenvalue weighted by Gasteiger charge is -2.25. The van der Waals surface area contributed by atoms with Gasteiger partial charge in [-0.2, -0.15) is 0 Å². The molecule has 0 saturated heterocycles. The Kier molecular flexibility index (Phi) is 4.05. The summed E-state index contributed by atoms with van der Waals surface area (Å²) in [7, 11) is 0. The van der Waals surface area contributed by atoms with Crippen LogP contribution in [0.1, 0.15) is 37.1 Å². The van der Waals surface area contributed by atoms with E-state index in [1.807, 2.05) is 31.2 Å². The topological polar surface area (TPSA) is 81.2 Å². The number of fused-ring (bicyclic) bond motifs is 2. The molecule has 1 aliphatic carbocycles. The first-order valence-corrected chi connectivity index (χ1v) is 9.23. The summed E-state index contributed by atoms with van der Waals surface area (Å²) in [5.74, 6) is 0.520. The van der Waals surface area contributed by atoms with Crippen molar-refractivity contribution in [2.24, 2.45) is 5.92 Å². The van der Waals surface area contributed by atoms with Gasteiger partial charge in [-0.1, -0.05) is 25.1 Å². The Bertz CT molecular complexity index is 934. The van der Waals surface area contributed by atoms with Crippen molar-refractivity contribution in [2.75, 3.05) is 10.6 Å². The van der Waals surface area contributed by atoms with Gasteiger partial charge >= 0.3 is 0 Å². The normalized spacial score (nSPS) is 21.4. The van der Waals surface area contributed by atoms with E-state index in [9.17, 15) is 9.59 Å². The van der Waals surface area contributed by atoms with Gasteiger partial charge in [0.05, 0.1) is 5.69 Å². The van der Waals surface area contributed by atoms with E-state index in [4.69, 9.17) is 5.73 Å². The Balaban J connectivity index is 1.66. The van der Waals surface area contributed by atoms with Crippen LogP contribution >= 0.6 is 0 Å². The molecule has 1 aromatic carbocycles. The van der Waals surface area contributed by atoms with Crippen molar-refractivity contribution < 1.29 is 4.79 Å². The standard InChI is InChI=1S/C20H24N4O2/c1-12-7-8-15-16(9-12)22-20(21)23(19(15)26)11-18(25)24-13(2)10-14-5-3-4-6-17(14)24/h3-6,12-13H,7-11H2,1-2H3,(H2,21,22)/t12-,13-/m0/s1. The van der Waals surface area contributed by atoms with Crippen LogP contribution in [0.25, 0.3) is 0 Å². The number of rotatable bonds is 2. The van der Waals surface area contributed by atoms with Gasteiger partial charge in [0.2, 0.25) is 11.9 Å². The SMILES string of the molecule is C[C@H]1CCc2c(nc(N)n(CC(=O)N3c4ccccc4C[C@@H]3C)c2=O)C1. The molecule has 6 nitrogen and oxygen atoms in total. The summed E-state index contributed by atoms with van der Waals surface area (Å²) in [5.41, 5.74) is 9.50. The van der Waals surface area contributed by atoms with E-state index >= 15 is 0 Å².